The zero-order valence-corrected chi connectivity index (χ0v) is 18.3. The van der Waals surface area contributed by atoms with Crippen LogP contribution in [0.3, 0.4) is 0 Å². The minimum Gasteiger partial charge on any atom is -0.493 e. The van der Waals surface area contributed by atoms with Gasteiger partial charge in [0.2, 0.25) is 0 Å². The smallest absolute Gasteiger partial charge is 0.195 e. The highest BCUT2D eigenvalue weighted by Crippen LogP contribution is 2.32. The number of fused-ring (bicyclic) bond motifs is 1. The van der Waals surface area contributed by atoms with Gasteiger partial charge < -0.3 is 19.1 Å². The van der Waals surface area contributed by atoms with E-state index in [0.717, 1.165) is 27.6 Å². The Morgan fingerprint density at radius 1 is 0.906 bits per heavy atom. The van der Waals surface area contributed by atoms with Crippen molar-refractivity contribution in [2.45, 2.75) is 6.10 Å². The number of ether oxygens (including phenoxy) is 2. The molecule has 1 heterocycles. The minimum absolute atomic E-state index is 0.344. The van der Waals surface area contributed by atoms with E-state index in [4.69, 9.17) is 9.47 Å². The summed E-state index contributed by atoms with van der Waals surface area (Å²) in [5, 5.41) is 12.0. The van der Waals surface area contributed by atoms with Gasteiger partial charge >= 0.3 is 0 Å². The summed E-state index contributed by atoms with van der Waals surface area (Å²) >= 11 is 0. The molecule has 5 heteroatoms. The first kappa shape index (κ1) is 21.4. The van der Waals surface area contributed by atoms with Crippen LogP contribution < -0.4 is 9.47 Å². The van der Waals surface area contributed by atoms with Gasteiger partial charge in [-0.1, -0.05) is 48.5 Å². The Morgan fingerprint density at radius 3 is 2.31 bits per heavy atom. The zero-order chi connectivity index (χ0) is 22.7. The summed E-state index contributed by atoms with van der Waals surface area (Å²) < 4.78 is 12.6. The molecule has 162 valence electrons. The van der Waals surface area contributed by atoms with E-state index in [0.29, 0.717) is 17.1 Å². The molecule has 0 unspecified atom stereocenters. The summed E-state index contributed by atoms with van der Waals surface area (Å²) in [7, 11) is 5.03. The van der Waals surface area contributed by atoms with Gasteiger partial charge in [0.25, 0.3) is 0 Å². The largest absolute Gasteiger partial charge is 0.493 e. The maximum Gasteiger partial charge on any atom is 0.195 e. The summed E-state index contributed by atoms with van der Waals surface area (Å²) in [6, 6.07) is 22.7. The molecule has 0 radical (unpaired) electrons. The van der Waals surface area contributed by atoms with Crippen LogP contribution in [0.15, 0.2) is 85.1 Å². The number of aliphatic hydroxyl groups excluding tert-OH is 1. The van der Waals surface area contributed by atoms with Gasteiger partial charge in [-0.3, -0.25) is 4.79 Å². The van der Waals surface area contributed by atoms with Gasteiger partial charge in [-0.2, -0.15) is 0 Å². The Hall–Kier alpha value is -3.83. The molecule has 0 fully saturated rings. The molecule has 0 aliphatic carbocycles. The molecule has 0 bridgehead atoms. The fraction of sp³-hybridized carbons (Fsp3) is 0.148. The van der Waals surface area contributed by atoms with Gasteiger partial charge in [0.1, 0.15) is 6.10 Å². The highest BCUT2D eigenvalue weighted by molar-refractivity contribution is 6.04. The first-order valence-corrected chi connectivity index (χ1v) is 10.3. The number of carbonyl (C=O) groups is 1. The molecule has 0 saturated carbocycles. The summed E-state index contributed by atoms with van der Waals surface area (Å²) in [5.41, 5.74) is 4.09. The lowest BCUT2D eigenvalue weighted by Crippen LogP contribution is -2.18. The number of methoxy groups -OCH3 is 2. The number of rotatable bonds is 7. The van der Waals surface area contributed by atoms with Crippen molar-refractivity contribution >= 4 is 22.3 Å². The summed E-state index contributed by atoms with van der Waals surface area (Å²) in [4.78, 5) is 13.1. The fourth-order valence-corrected chi connectivity index (χ4v) is 3.91. The molecule has 5 nitrogen and oxygen atoms in total. The molecule has 0 spiro atoms. The predicted molar refractivity (Wildman–Crippen MR) is 126 cm³/mol. The average Bonchev–Trinajstić information content (AvgIpc) is 3.18. The van der Waals surface area contributed by atoms with Crippen molar-refractivity contribution in [1.82, 2.24) is 4.57 Å². The normalized spacial score (nSPS) is 12.6. The summed E-state index contributed by atoms with van der Waals surface area (Å²) in [5.74, 6) is 0.543. The molecular formula is C27H25NO4. The van der Waals surface area contributed by atoms with Crippen LogP contribution in [0.4, 0.5) is 0 Å². The first-order chi connectivity index (χ1) is 15.5. The second-order valence-corrected chi connectivity index (χ2v) is 7.50. The van der Waals surface area contributed by atoms with Crippen LogP contribution >= 0.6 is 0 Å². The van der Waals surface area contributed by atoms with Crippen LogP contribution in [0, 0.1) is 0 Å². The van der Waals surface area contributed by atoms with Crippen molar-refractivity contribution in [1.29, 1.82) is 0 Å². The predicted octanol–water partition coefficient (Wildman–Crippen LogP) is 4.87. The number of carbonyl (C=O) groups excluding carboxylic acids is 1. The second kappa shape index (κ2) is 9.12. The average molecular weight is 428 g/mol. The third-order valence-corrected chi connectivity index (χ3v) is 5.53. The fourth-order valence-electron chi connectivity index (χ4n) is 3.91. The van der Waals surface area contributed by atoms with Crippen molar-refractivity contribution in [3.63, 3.8) is 0 Å². The molecule has 0 aliphatic heterocycles. The third-order valence-electron chi connectivity index (χ3n) is 5.53. The molecule has 1 N–H and O–H groups in total. The third kappa shape index (κ3) is 4.03. The van der Waals surface area contributed by atoms with Crippen molar-refractivity contribution < 1.29 is 19.4 Å². The van der Waals surface area contributed by atoms with Crippen LogP contribution in [-0.2, 0) is 7.05 Å². The number of hydrogen-bond donors (Lipinski definition) is 1. The summed E-state index contributed by atoms with van der Waals surface area (Å²) in [6.45, 7) is 0. The van der Waals surface area contributed by atoms with Crippen LogP contribution in [0.2, 0.25) is 0 Å². The standard InChI is InChI=1S/C27H25NO4/c1-28-17-22(20-11-7-8-12-23(20)28)21(18-9-5-4-6-10-18)16-24(29)27(30)19-13-14-25(31-2)26(15-19)32-3/h4-17,24,29H,1-3H3/b21-16+/t24-/m1/s1. The van der Waals surface area contributed by atoms with E-state index < -0.39 is 11.9 Å². The number of nitrogens with zero attached hydrogens (tertiary/aromatic N) is 1. The molecule has 32 heavy (non-hydrogen) atoms. The van der Waals surface area contributed by atoms with Gasteiger partial charge in [-0.05, 0) is 41.5 Å². The number of aliphatic hydroxyl groups is 1. The lowest BCUT2D eigenvalue weighted by Gasteiger charge is -2.13. The topological polar surface area (TPSA) is 60.7 Å². The monoisotopic (exact) mass is 427 g/mol. The van der Waals surface area contributed by atoms with E-state index in [9.17, 15) is 9.90 Å². The molecule has 1 atom stereocenters. The quantitative estimate of drug-likeness (QED) is 0.428. The van der Waals surface area contributed by atoms with Crippen molar-refractivity contribution in [3.05, 3.63) is 102 Å². The van der Waals surface area contributed by atoms with Gasteiger partial charge in [0, 0.05) is 35.3 Å². The molecular weight excluding hydrogens is 402 g/mol. The number of para-hydroxylation sites is 1. The Bertz CT molecular complexity index is 1290. The number of hydrogen-bond acceptors (Lipinski definition) is 4. The molecule has 0 amide bonds. The van der Waals surface area contributed by atoms with E-state index in [1.165, 1.54) is 14.2 Å². The van der Waals surface area contributed by atoms with Crippen LogP contribution in [-0.4, -0.2) is 35.8 Å². The van der Waals surface area contributed by atoms with Crippen molar-refractivity contribution in [2.75, 3.05) is 14.2 Å². The second-order valence-electron chi connectivity index (χ2n) is 7.50. The van der Waals surface area contributed by atoms with E-state index in [2.05, 4.69) is 0 Å². The number of ketones is 1. The summed E-state index contributed by atoms with van der Waals surface area (Å²) in [6.07, 6.45) is 2.31. The molecule has 4 aromatic rings. The van der Waals surface area contributed by atoms with E-state index >= 15 is 0 Å². The molecule has 1 aromatic heterocycles. The number of aromatic nitrogens is 1. The van der Waals surface area contributed by atoms with Crippen LogP contribution in [0.25, 0.3) is 16.5 Å². The Morgan fingerprint density at radius 2 is 1.59 bits per heavy atom. The van der Waals surface area contributed by atoms with Gasteiger partial charge in [0.05, 0.1) is 14.2 Å². The lowest BCUT2D eigenvalue weighted by molar-refractivity contribution is 0.0821. The molecule has 4 rings (SSSR count). The Labute approximate surface area is 187 Å². The van der Waals surface area contributed by atoms with Crippen LogP contribution in [0.5, 0.6) is 11.5 Å². The lowest BCUT2D eigenvalue weighted by atomic mass is 9.94. The Kier molecular flexibility index (Phi) is 6.10. The number of benzene rings is 3. The highest BCUT2D eigenvalue weighted by atomic mass is 16.5. The molecule has 3 aromatic carbocycles. The van der Waals surface area contributed by atoms with Gasteiger partial charge in [-0.15, -0.1) is 0 Å². The maximum atomic E-state index is 13.1. The van der Waals surface area contributed by atoms with Crippen LogP contribution in [0.1, 0.15) is 21.5 Å². The van der Waals surface area contributed by atoms with Gasteiger partial charge in [0.15, 0.2) is 17.3 Å². The SMILES string of the molecule is COc1ccc(C(=O)[C@H](O)/C=C(\c2ccccc2)c2cn(C)c3ccccc23)cc1OC. The van der Waals surface area contributed by atoms with Gasteiger partial charge in [-0.25, -0.2) is 0 Å². The van der Waals surface area contributed by atoms with E-state index in [-0.39, 0.29) is 0 Å². The highest BCUT2D eigenvalue weighted by Gasteiger charge is 2.20. The number of aryl methyl sites for hydroxylation is 1. The number of Topliss-reactive ketones (excluding diaryl/α,β-unsaturated/α-hetero) is 1. The zero-order valence-electron chi connectivity index (χ0n) is 18.3. The maximum absolute atomic E-state index is 13.1. The molecule has 0 aliphatic rings. The Balaban J connectivity index is 1.80. The van der Waals surface area contributed by atoms with E-state index in [1.54, 1.807) is 24.3 Å². The van der Waals surface area contributed by atoms with E-state index in [1.807, 2.05) is 72.4 Å². The van der Waals surface area contributed by atoms with Crippen molar-refractivity contribution in [3.8, 4) is 11.5 Å². The molecule has 0 saturated heterocycles. The first-order valence-electron chi connectivity index (χ1n) is 10.3. The van der Waals surface area contributed by atoms with Crippen molar-refractivity contribution in [2.24, 2.45) is 7.05 Å². The minimum atomic E-state index is -1.33.